The fourth-order valence-corrected chi connectivity index (χ4v) is 4.99. The van der Waals surface area contributed by atoms with E-state index >= 15 is 0 Å². The van der Waals surface area contributed by atoms with Gasteiger partial charge in [0.25, 0.3) is 5.91 Å². The number of benzene rings is 1. The van der Waals surface area contributed by atoms with Crippen LogP contribution in [0, 0.1) is 17.5 Å². The van der Waals surface area contributed by atoms with Crippen molar-refractivity contribution in [3.05, 3.63) is 47.0 Å². The van der Waals surface area contributed by atoms with Crippen LogP contribution in [-0.4, -0.2) is 47.5 Å². The predicted molar refractivity (Wildman–Crippen MR) is 93.8 cm³/mol. The van der Waals surface area contributed by atoms with Crippen molar-refractivity contribution < 1.29 is 31.5 Å². The van der Waals surface area contributed by atoms with Gasteiger partial charge in [0.15, 0.2) is 27.3 Å². The van der Waals surface area contributed by atoms with Crippen LogP contribution in [0.3, 0.4) is 0 Å². The van der Waals surface area contributed by atoms with E-state index < -0.39 is 45.3 Å². The molecule has 0 bridgehead atoms. The van der Waals surface area contributed by atoms with E-state index in [0.29, 0.717) is 12.1 Å². The van der Waals surface area contributed by atoms with Crippen LogP contribution in [0.5, 0.6) is 0 Å². The zero-order valence-electron chi connectivity index (χ0n) is 15.0. The Kier molecular flexibility index (Phi) is 5.26. The number of carbonyl (C=O) groups is 1. The maximum Gasteiger partial charge on any atom is 0.272 e. The van der Waals surface area contributed by atoms with Crippen LogP contribution in [0.15, 0.2) is 23.2 Å². The maximum absolute atomic E-state index is 13.4. The Morgan fingerprint density at radius 3 is 2.43 bits per heavy atom. The minimum atomic E-state index is -3.80. The number of sulfone groups is 1. The smallest absolute Gasteiger partial charge is 0.272 e. The third-order valence-electron chi connectivity index (χ3n) is 4.55. The van der Waals surface area contributed by atoms with Gasteiger partial charge in [-0.2, -0.15) is 0 Å². The van der Waals surface area contributed by atoms with Crippen LogP contribution < -0.4 is 5.32 Å². The summed E-state index contributed by atoms with van der Waals surface area (Å²) in [5.41, 5.74) is -0.0687. The summed E-state index contributed by atoms with van der Waals surface area (Å²) in [5, 5.41) is 12.0. The number of hydrogen-bond acceptors (Lipinski definition) is 5. The zero-order chi connectivity index (χ0) is 20.8. The molecule has 0 aliphatic carbocycles. The first-order chi connectivity index (χ1) is 13.0. The van der Waals surface area contributed by atoms with Crippen molar-refractivity contribution in [1.82, 2.24) is 9.47 Å². The molecule has 11 heteroatoms. The highest BCUT2D eigenvalue weighted by Crippen LogP contribution is 2.28. The normalized spacial score (nSPS) is 17.6. The topological polar surface area (TPSA) is 91.6 Å². The first-order valence-corrected chi connectivity index (χ1v) is 9.95. The highest BCUT2D eigenvalue weighted by Gasteiger charge is 2.33. The molecule has 1 aromatic carbocycles. The van der Waals surface area contributed by atoms with Gasteiger partial charge in [-0.05, 0) is 13.3 Å². The molecule has 28 heavy (non-hydrogen) atoms. The van der Waals surface area contributed by atoms with Crippen molar-refractivity contribution in [2.75, 3.05) is 17.7 Å². The minimum Gasteiger partial charge on any atom is -0.379 e. The summed E-state index contributed by atoms with van der Waals surface area (Å²) in [7, 11) is -2.33. The number of nitrogens with one attached hydrogen (secondary N) is 1. The summed E-state index contributed by atoms with van der Waals surface area (Å²) in [4.78, 5) is 14.0. The van der Waals surface area contributed by atoms with Crippen LogP contribution >= 0.6 is 0 Å². The number of hydrogen-bond donors (Lipinski definition) is 2. The molecule has 1 aliphatic heterocycles. The molecule has 1 aliphatic rings. The lowest BCUT2D eigenvalue weighted by molar-refractivity contribution is 0.0335. The average Bonchev–Trinajstić information content (AvgIpc) is 2.87. The van der Waals surface area contributed by atoms with Crippen molar-refractivity contribution in [3.63, 3.8) is 0 Å². The molecule has 0 unspecified atom stereocenters. The number of nitrogens with zero attached hydrogens (tertiary/aromatic N) is 2. The number of halogens is 3. The Labute approximate surface area is 159 Å². The van der Waals surface area contributed by atoms with E-state index in [1.807, 2.05) is 0 Å². The number of amides is 1. The molecule has 0 fully saturated rings. The van der Waals surface area contributed by atoms with E-state index in [-0.39, 0.29) is 34.8 Å². The number of aliphatic hydroxyl groups excluding tert-OH is 1. The molecule has 2 aromatic rings. The molecular weight excluding hydrogens is 399 g/mol. The monoisotopic (exact) mass is 417 g/mol. The van der Waals surface area contributed by atoms with E-state index in [1.165, 1.54) is 29.6 Å². The molecule has 1 aromatic heterocycles. The molecule has 0 radical (unpaired) electrons. The highest BCUT2D eigenvalue weighted by atomic mass is 32.2. The van der Waals surface area contributed by atoms with Gasteiger partial charge in [-0.3, -0.25) is 9.69 Å². The van der Waals surface area contributed by atoms with Crippen molar-refractivity contribution in [3.8, 4) is 0 Å². The lowest BCUT2D eigenvalue weighted by Crippen LogP contribution is -2.37. The largest absolute Gasteiger partial charge is 0.379 e. The molecule has 0 saturated carbocycles. The van der Waals surface area contributed by atoms with Crippen LogP contribution in [0.2, 0.25) is 0 Å². The summed E-state index contributed by atoms with van der Waals surface area (Å²) >= 11 is 0. The number of carbonyl (C=O) groups excluding carboxylic acids is 1. The fraction of sp³-hybridized carbons (Fsp3) is 0.353. The summed E-state index contributed by atoms with van der Waals surface area (Å²) in [6.45, 7) is 1.63. The van der Waals surface area contributed by atoms with E-state index in [2.05, 4.69) is 5.32 Å². The van der Waals surface area contributed by atoms with E-state index in [0.717, 1.165) is 0 Å². The van der Waals surface area contributed by atoms with Gasteiger partial charge in [0.05, 0.1) is 4.90 Å². The van der Waals surface area contributed by atoms with Gasteiger partial charge in [0, 0.05) is 43.2 Å². The third-order valence-corrected chi connectivity index (χ3v) is 6.25. The number of fused-ring (bicyclic) bond motifs is 1. The van der Waals surface area contributed by atoms with Crippen LogP contribution in [0.1, 0.15) is 23.0 Å². The molecule has 2 N–H and O–H groups in total. The Bertz CT molecular complexity index is 1030. The average molecular weight is 417 g/mol. The molecule has 1 atom stereocenters. The summed E-state index contributed by atoms with van der Waals surface area (Å²) in [6.07, 6.45) is 0.460. The second-order valence-electron chi connectivity index (χ2n) is 6.58. The lowest BCUT2D eigenvalue weighted by atomic mass is 10.1. The second kappa shape index (κ2) is 7.22. The number of aryl methyl sites for hydroxylation is 1. The van der Waals surface area contributed by atoms with Crippen LogP contribution in [-0.2, 0) is 23.3 Å². The summed E-state index contributed by atoms with van der Waals surface area (Å²) < 4.78 is 66.4. The van der Waals surface area contributed by atoms with Crippen molar-refractivity contribution in [2.45, 2.75) is 24.5 Å². The Hall–Kier alpha value is -2.37. The second-order valence-corrected chi connectivity index (χ2v) is 8.51. The summed E-state index contributed by atoms with van der Waals surface area (Å²) in [5.74, 6) is -5.78. The van der Waals surface area contributed by atoms with Gasteiger partial charge in [-0.15, -0.1) is 0 Å². The van der Waals surface area contributed by atoms with Gasteiger partial charge in [0.1, 0.15) is 17.8 Å². The van der Waals surface area contributed by atoms with E-state index in [1.54, 1.807) is 0 Å². The van der Waals surface area contributed by atoms with Gasteiger partial charge in [-0.25, -0.2) is 21.6 Å². The quantitative estimate of drug-likeness (QED) is 0.741. The van der Waals surface area contributed by atoms with Crippen molar-refractivity contribution in [2.24, 2.45) is 7.05 Å². The third kappa shape index (κ3) is 3.64. The van der Waals surface area contributed by atoms with Crippen molar-refractivity contribution in [1.29, 1.82) is 0 Å². The standard InChI is InChI=1S/C17H18F3N3O4S/c1-9(24)23-4-3-11-14(28(26,27)8-23)7-22(2)16(11)17(25)21-10-5-12(18)15(20)13(19)6-10/h5-7,9,24H,3-4,8H2,1-2H3,(H,21,25)/t9-/m0/s1. The van der Waals surface area contributed by atoms with E-state index in [4.69, 9.17) is 0 Å². The fourth-order valence-electron chi connectivity index (χ4n) is 3.18. The maximum atomic E-state index is 13.4. The molecular formula is C17H18F3N3O4S. The van der Waals surface area contributed by atoms with Crippen LogP contribution in [0.4, 0.5) is 18.9 Å². The number of aliphatic hydroxyl groups is 1. The van der Waals surface area contributed by atoms with Crippen molar-refractivity contribution >= 4 is 21.4 Å². The Balaban J connectivity index is 1.99. The lowest BCUT2D eigenvalue weighted by Gasteiger charge is -2.22. The van der Waals surface area contributed by atoms with Gasteiger partial charge < -0.3 is 15.0 Å². The first kappa shape index (κ1) is 20.4. The number of anilines is 1. The molecule has 7 nitrogen and oxygen atoms in total. The molecule has 2 heterocycles. The van der Waals surface area contributed by atoms with Gasteiger partial charge >= 0.3 is 0 Å². The first-order valence-electron chi connectivity index (χ1n) is 8.30. The number of rotatable bonds is 3. The number of aromatic nitrogens is 1. The Morgan fingerprint density at radius 1 is 1.25 bits per heavy atom. The van der Waals surface area contributed by atoms with E-state index in [9.17, 15) is 31.5 Å². The summed E-state index contributed by atoms with van der Waals surface area (Å²) in [6, 6.07) is 1.26. The van der Waals surface area contributed by atoms with Crippen LogP contribution in [0.25, 0.3) is 0 Å². The highest BCUT2D eigenvalue weighted by molar-refractivity contribution is 7.91. The molecule has 152 valence electrons. The molecule has 3 rings (SSSR count). The minimum absolute atomic E-state index is 0.00356. The molecule has 1 amide bonds. The Morgan fingerprint density at radius 2 is 1.86 bits per heavy atom. The molecule has 0 spiro atoms. The zero-order valence-corrected chi connectivity index (χ0v) is 15.9. The SMILES string of the molecule is C[C@H](O)N1CCc2c(cn(C)c2C(=O)Nc2cc(F)c(F)c(F)c2)S(=O)(=O)C1. The molecule has 0 saturated heterocycles. The predicted octanol–water partition coefficient (Wildman–Crippen LogP) is 1.62. The van der Waals surface area contributed by atoms with Gasteiger partial charge in [-0.1, -0.05) is 0 Å². The van der Waals surface area contributed by atoms with Gasteiger partial charge in [0.2, 0.25) is 0 Å².